The molecule has 68 valence electrons. The largest absolute Gasteiger partial charge is 0.468 e. The van der Waals surface area contributed by atoms with Crippen LogP contribution in [0.4, 0.5) is 0 Å². The van der Waals surface area contributed by atoms with Gasteiger partial charge in [0.2, 0.25) is 0 Å². The Balaban J connectivity index is 2.55. The molecule has 0 unspecified atom stereocenters. The van der Waals surface area contributed by atoms with E-state index in [1.165, 1.54) is 0 Å². The van der Waals surface area contributed by atoms with Gasteiger partial charge in [0.05, 0.1) is 6.26 Å². The second-order valence-electron chi connectivity index (χ2n) is 2.93. The van der Waals surface area contributed by atoms with Crippen LogP contribution in [-0.2, 0) is 6.42 Å². The summed E-state index contributed by atoms with van der Waals surface area (Å²) < 4.78 is 5.37. The van der Waals surface area contributed by atoms with E-state index in [4.69, 9.17) is 21.8 Å². The third kappa shape index (κ3) is 1.55. The highest BCUT2D eigenvalue weighted by atomic mass is 35.5. The van der Waals surface area contributed by atoms with Gasteiger partial charge in [0.1, 0.15) is 5.76 Å². The molecule has 13 heavy (non-hydrogen) atoms. The van der Waals surface area contributed by atoms with Crippen LogP contribution in [0.2, 0.25) is 5.02 Å². The van der Waals surface area contributed by atoms with Crippen LogP contribution >= 0.6 is 11.6 Å². The van der Waals surface area contributed by atoms with E-state index in [0.717, 1.165) is 28.0 Å². The van der Waals surface area contributed by atoms with E-state index in [2.05, 4.69) is 0 Å². The number of fused-ring (bicyclic) bond motifs is 1. The number of halogens is 1. The van der Waals surface area contributed by atoms with Crippen LogP contribution in [0, 0.1) is 0 Å². The monoisotopic (exact) mass is 195 g/mol. The SMILES string of the molecule is NCCc1occ2cc(Cl)ccc12. The van der Waals surface area contributed by atoms with Gasteiger partial charge in [0, 0.05) is 22.2 Å². The maximum Gasteiger partial charge on any atom is 0.112 e. The summed E-state index contributed by atoms with van der Waals surface area (Å²) in [4.78, 5) is 0. The molecule has 0 bridgehead atoms. The Hall–Kier alpha value is -0.990. The molecule has 0 radical (unpaired) electrons. The van der Waals surface area contributed by atoms with Crippen LogP contribution in [0.5, 0.6) is 0 Å². The maximum atomic E-state index is 5.84. The Morgan fingerprint density at radius 1 is 1.38 bits per heavy atom. The number of hydrogen-bond acceptors (Lipinski definition) is 2. The Bertz CT molecular complexity index is 422. The first-order valence-corrected chi connectivity index (χ1v) is 4.55. The predicted molar refractivity (Wildman–Crippen MR) is 54.0 cm³/mol. The van der Waals surface area contributed by atoms with Crippen molar-refractivity contribution in [2.24, 2.45) is 5.73 Å². The molecule has 0 aliphatic rings. The highest BCUT2D eigenvalue weighted by Crippen LogP contribution is 2.24. The van der Waals surface area contributed by atoms with Gasteiger partial charge < -0.3 is 10.2 Å². The van der Waals surface area contributed by atoms with Crippen molar-refractivity contribution in [2.75, 3.05) is 6.54 Å². The molecular weight excluding hydrogens is 186 g/mol. The lowest BCUT2D eigenvalue weighted by Crippen LogP contribution is -2.01. The zero-order chi connectivity index (χ0) is 9.26. The number of furan rings is 1. The highest BCUT2D eigenvalue weighted by Gasteiger charge is 2.04. The smallest absolute Gasteiger partial charge is 0.112 e. The van der Waals surface area contributed by atoms with Gasteiger partial charge in [-0.2, -0.15) is 0 Å². The molecule has 0 aliphatic heterocycles. The van der Waals surface area contributed by atoms with Crippen molar-refractivity contribution in [1.82, 2.24) is 0 Å². The number of rotatable bonds is 2. The summed E-state index contributed by atoms with van der Waals surface area (Å²) in [5, 5.41) is 2.87. The first kappa shape index (κ1) is 8.60. The lowest BCUT2D eigenvalue weighted by molar-refractivity contribution is 0.516. The van der Waals surface area contributed by atoms with E-state index in [0.29, 0.717) is 6.54 Å². The van der Waals surface area contributed by atoms with Crippen molar-refractivity contribution in [1.29, 1.82) is 0 Å². The molecule has 0 spiro atoms. The molecule has 0 amide bonds. The molecule has 1 heterocycles. The summed E-state index contributed by atoms with van der Waals surface area (Å²) in [6, 6.07) is 5.71. The third-order valence-electron chi connectivity index (χ3n) is 2.01. The van der Waals surface area contributed by atoms with Gasteiger partial charge >= 0.3 is 0 Å². The van der Waals surface area contributed by atoms with Crippen LogP contribution in [0.3, 0.4) is 0 Å². The van der Waals surface area contributed by atoms with Crippen molar-refractivity contribution in [3.8, 4) is 0 Å². The maximum absolute atomic E-state index is 5.84. The van der Waals surface area contributed by atoms with E-state index >= 15 is 0 Å². The molecule has 0 saturated heterocycles. The number of benzene rings is 1. The van der Waals surface area contributed by atoms with Crippen molar-refractivity contribution < 1.29 is 4.42 Å². The van der Waals surface area contributed by atoms with Crippen LogP contribution in [-0.4, -0.2) is 6.54 Å². The fraction of sp³-hybridized carbons (Fsp3) is 0.200. The lowest BCUT2D eigenvalue weighted by Gasteiger charge is -1.94. The Labute approximate surface area is 81.3 Å². The quantitative estimate of drug-likeness (QED) is 0.800. The fourth-order valence-electron chi connectivity index (χ4n) is 1.41. The predicted octanol–water partition coefficient (Wildman–Crippen LogP) is 2.59. The topological polar surface area (TPSA) is 39.2 Å². The minimum absolute atomic E-state index is 0.602. The average Bonchev–Trinajstić information content (AvgIpc) is 2.49. The number of hydrogen-bond donors (Lipinski definition) is 1. The zero-order valence-corrected chi connectivity index (χ0v) is 7.84. The van der Waals surface area contributed by atoms with Gasteiger partial charge in [0.25, 0.3) is 0 Å². The molecule has 0 saturated carbocycles. The molecule has 3 heteroatoms. The molecular formula is C10H10ClNO. The molecule has 1 aromatic carbocycles. The van der Waals surface area contributed by atoms with Crippen LogP contribution < -0.4 is 5.73 Å². The highest BCUT2D eigenvalue weighted by molar-refractivity contribution is 6.31. The van der Waals surface area contributed by atoms with Crippen molar-refractivity contribution in [3.05, 3.63) is 35.2 Å². The molecule has 0 fully saturated rings. The summed E-state index contributed by atoms with van der Waals surface area (Å²) in [6.45, 7) is 0.602. The van der Waals surface area contributed by atoms with Crippen LogP contribution in [0.1, 0.15) is 5.76 Å². The van der Waals surface area contributed by atoms with E-state index in [1.54, 1.807) is 6.26 Å². The molecule has 0 atom stereocenters. The molecule has 1 aromatic heterocycles. The molecule has 2 aromatic rings. The van der Waals surface area contributed by atoms with Crippen molar-refractivity contribution in [3.63, 3.8) is 0 Å². The minimum atomic E-state index is 0.602. The van der Waals surface area contributed by atoms with E-state index < -0.39 is 0 Å². The summed E-state index contributed by atoms with van der Waals surface area (Å²) in [5.41, 5.74) is 5.45. The summed E-state index contributed by atoms with van der Waals surface area (Å²) in [5.74, 6) is 0.939. The van der Waals surface area contributed by atoms with Crippen molar-refractivity contribution in [2.45, 2.75) is 6.42 Å². The summed E-state index contributed by atoms with van der Waals surface area (Å²) in [6.07, 6.45) is 2.48. The second kappa shape index (κ2) is 3.40. The van der Waals surface area contributed by atoms with Gasteiger partial charge in [0.15, 0.2) is 0 Å². The van der Waals surface area contributed by atoms with Gasteiger partial charge in [-0.3, -0.25) is 0 Å². The lowest BCUT2D eigenvalue weighted by atomic mass is 10.1. The Kier molecular flexibility index (Phi) is 2.25. The van der Waals surface area contributed by atoms with E-state index in [9.17, 15) is 0 Å². The van der Waals surface area contributed by atoms with Gasteiger partial charge in [-0.15, -0.1) is 0 Å². The van der Waals surface area contributed by atoms with Gasteiger partial charge in [-0.05, 0) is 24.7 Å². The third-order valence-corrected chi connectivity index (χ3v) is 2.25. The summed E-state index contributed by atoms with van der Waals surface area (Å²) >= 11 is 5.84. The first-order valence-electron chi connectivity index (χ1n) is 4.17. The Morgan fingerprint density at radius 3 is 3.00 bits per heavy atom. The normalized spacial score (nSPS) is 10.9. The molecule has 2 nitrogen and oxygen atoms in total. The number of nitrogens with two attached hydrogens (primary N) is 1. The molecule has 2 rings (SSSR count). The molecule has 0 aliphatic carbocycles. The first-order chi connectivity index (χ1) is 6.31. The Morgan fingerprint density at radius 2 is 2.23 bits per heavy atom. The average molecular weight is 196 g/mol. The summed E-state index contributed by atoms with van der Waals surface area (Å²) in [7, 11) is 0. The van der Waals surface area contributed by atoms with Crippen LogP contribution in [0.25, 0.3) is 10.8 Å². The van der Waals surface area contributed by atoms with Crippen molar-refractivity contribution >= 4 is 22.4 Å². The zero-order valence-electron chi connectivity index (χ0n) is 7.09. The standard InChI is InChI=1S/C10H10ClNO/c11-8-1-2-9-7(5-8)6-13-10(9)3-4-12/h1-2,5-6H,3-4,12H2. The van der Waals surface area contributed by atoms with E-state index in [1.807, 2.05) is 18.2 Å². The van der Waals surface area contributed by atoms with Crippen LogP contribution in [0.15, 0.2) is 28.9 Å². The minimum Gasteiger partial charge on any atom is -0.468 e. The fourth-order valence-corrected chi connectivity index (χ4v) is 1.59. The van der Waals surface area contributed by atoms with E-state index in [-0.39, 0.29) is 0 Å². The van der Waals surface area contributed by atoms with Gasteiger partial charge in [-0.1, -0.05) is 11.6 Å². The molecule has 2 N–H and O–H groups in total. The second-order valence-corrected chi connectivity index (χ2v) is 3.37. The van der Waals surface area contributed by atoms with Gasteiger partial charge in [-0.25, -0.2) is 0 Å².